The van der Waals surface area contributed by atoms with E-state index in [9.17, 15) is 4.79 Å². The van der Waals surface area contributed by atoms with Crippen molar-refractivity contribution >= 4 is 49.7 Å². The van der Waals surface area contributed by atoms with Gasteiger partial charge in [0.05, 0.1) is 30.1 Å². The Kier molecular flexibility index (Phi) is 7.92. The van der Waals surface area contributed by atoms with E-state index in [-0.39, 0.29) is 5.91 Å². The number of benzene rings is 5. The van der Waals surface area contributed by atoms with Gasteiger partial charge in [-0.15, -0.1) is 0 Å². The van der Waals surface area contributed by atoms with E-state index in [4.69, 9.17) is 14.5 Å². The Balaban J connectivity index is 1.21. The number of aromatic nitrogens is 1. The van der Waals surface area contributed by atoms with Crippen molar-refractivity contribution in [3.63, 3.8) is 0 Å². The summed E-state index contributed by atoms with van der Waals surface area (Å²) >= 11 is 3.61. The van der Waals surface area contributed by atoms with E-state index < -0.39 is 0 Å². The average molecular weight is 617 g/mol. The number of carbonyl (C=O) groups excluding carboxylic acids is 1. The second-order valence-corrected chi connectivity index (χ2v) is 10.4. The molecule has 1 N–H and O–H groups in total. The van der Waals surface area contributed by atoms with Crippen molar-refractivity contribution in [1.82, 2.24) is 10.4 Å². The Labute approximate surface area is 251 Å². The third-order valence-electron chi connectivity index (χ3n) is 6.95. The molecule has 1 amide bonds. The minimum absolute atomic E-state index is 0.333. The zero-order valence-corrected chi connectivity index (χ0v) is 24.3. The second-order valence-electron chi connectivity index (χ2n) is 9.59. The highest BCUT2D eigenvalue weighted by molar-refractivity contribution is 9.10. The number of amides is 1. The fourth-order valence-corrected chi connectivity index (χ4v) is 5.26. The van der Waals surface area contributed by atoms with Gasteiger partial charge in [0.15, 0.2) is 11.5 Å². The molecular weight excluding hydrogens is 590 g/mol. The molecule has 6 nitrogen and oxygen atoms in total. The van der Waals surface area contributed by atoms with Crippen LogP contribution in [0.4, 0.5) is 0 Å². The molecule has 0 unspecified atom stereocenters. The standard InChI is InChI=1S/C35H26BrN3O3/c1-41-33-18-26(30(36)20-34(33)42-22-25-14-9-13-23-10-5-6-15-27(23)25)21-37-39-35(40)29-19-32(24-11-3-2-4-12-24)38-31-17-8-7-16-28(29)31/h2-21H,22H2,1H3,(H,39,40)/b37-21+. The first kappa shape index (κ1) is 27.2. The molecule has 0 aliphatic heterocycles. The molecule has 0 bridgehead atoms. The average Bonchev–Trinajstić information content (AvgIpc) is 3.04. The van der Waals surface area contributed by atoms with Crippen LogP contribution in [0.25, 0.3) is 32.9 Å². The number of nitrogens with zero attached hydrogens (tertiary/aromatic N) is 2. The van der Waals surface area contributed by atoms with Crippen molar-refractivity contribution in [3.05, 3.63) is 136 Å². The summed E-state index contributed by atoms with van der Waals surface area (Å²) in [7, 11) is 1.59. The van der Waals surface area contributed by atoms with Gasteiger partial charge in [-0.1, -0.05) is 91.0 Å². The van der Waals surface area contributed by atoms with E-state index in [1.54, 1.807) is 19.4 Å². The number of rotatable bonds is 8. The number of pyridine rings is 1. The third kappa shape index (κ3) is 5.73. The van der Waals surface area contributed by atoms with Gasteiger partial charge in [0.1, 0.15) is 6.61 Å². The Hall–Kier alpha value is -5.01. The van der Waals surface area contributed by atoms with Crippen LogP contribution in [0, 0.1) is 0 Å². The molecule has 0 spiro atoms. The van der Waals surface area contributed by atoms with Gasteiger partial charge in [0, 0.05) is 21.0 Å². The van der Waals surface area contributed by atoms with Gasteiger partial charge in [0.25, 0.3) is 5.91 Å². The van der Waals surface area contributed by atoms with Crippen LogP contribution in [0.15, 0.2) is 125 Å². The third-order valence-corrected chi connectivity index (χ3v) is 7.63. The number of methoxy groups -OCH3 is 1. The van der Waals surface area contributed by atoms with Crippen LogP contribution in [0.3, 0.4) is 0 Å². The highest BCUT2D eigenvalue weighted by Gasteiger charge is 2.14. The molecule has 0 saturated heterocycles. The molecule has 0 atom stereocenters. The molecule has 5 aromatic carbocycles. The number of carbonyl (C=O) groups is 1. The molecule has 1 aromatic heterocycles. The number of fused-ring (bicyclic) bond motifs is 2. The lowest BCUT2D eigenvalue weighted by atomic mass is 10.0. The zero-order valence-electron chi connectivity index (χ0n) is 22.8. The number of hydrogen-bond donors (Lipinski definition) is 1. The van der Waals surface area contributed by atoms with E-state index in [1.165, 1.54) is 0 Å². The number of halogens is 1. The van der Waals surface area contributed by atoms with Crippen LogP contribution in [0.1, 0.15) is 21.5 Å². The largest absolute Gasteiger partial charge is 0.493 e. The highest BCUT2D eigenvalue weighted by atomic mass is 79.9. The molecule has 0 fully saturated rings. The summed E-state index contributed by atoms with van der Waals surface area (Å²) in [5, 5.41) is 7.31. The van der Waals surface area contributed by atoms with Gasteiger partial charge in [-0.3, -0.25) is 4.79 Å². The van der Waals surface area contributed by atoms with Crippen LogP contribution in [-0.4, -0.2) is 24.2 Å². The van der Waals surface area contributed by atoms with Gasteiger partial charge >= 0.3 is 0 Å². The summed E-state index contributed by atoms with van der Waals surface area (Å²) in [6.45, 7) is 0.387. The minimum atomic E-state index is -0.333. The predicted molar refractivity (Wildman–Crippen MR) is 171 cm³/mol. The monoisotopic (exact) mass is 615 g/mol. The van der Waals surface area contributed by atoms with Crippen molar-refractivity contribution in [2.24, 2.45) is 5.10 Å². The van der Waals surface area contributed by atoms with Crippen molar-refractivity contribution < 1.29 is 14.3 Å². The number of ether oxygens (including phenoxy) is 2. The molecule has 42 heavy (non-hydrogen) atoms. The van der Waals surface area contributed by atoms with E-state index in [1.807, 2.05) is 84.9 Å². The van der Waals surface area contributed by atoms with Crippen molar-refractivity contribution in [1.29, 1.82) is 0 Å². The lowest BCUT2D eigenvalue weighted by Crippen LogP contribution is -2.18. The summed E-state index contributed by atoms with van der Waals surface area (Å²) in [4.78, 5) is 18.1. The first-order valence-corrected chi connectivity index (χ1v) is 14.2. The van der Waals surface area contributed by atoms with Crippen molar-refractivity contribution in [2.75, 3.05) is 7.11 Å². The Bertz CT molecular complexity index is 1930. The number of hydrazone groups is 1. The minimum Gasteiger partial charge on any atom is -0.493 e. The first-order chi connectivity index (χ1) is 20.6. The number of nitrogens with one attached hydrogen (secondary N) is 1. The number of hydrogen-bond acceptors (Lipinski definition) is 5. The highest BCUT2D eigenvalue weighted by Crippen LogP contribution is 2.34. The van der Waals surface area contributed by atoms with Crippen LogP contribution in [-0.2, 0) is 6.61 Å². The Morgan fingerprint density at radius 1 is 0.857 bits per heavy atom. The fourth-order valence-electron chi connectivity index (χ4n) is 4.84. The molecule has 6 rings (SSSR count). The molecule has 6 aromatic rings. The molecule has 0 radical (unpaired) electrons. The molecule has 7 heteroatoms. The lowest BCUT2D eigenvalue weighted by Gasteiger charge is -2.14. The summed E-state index contributed by atoms with van der Waals surface area (Å²) < 4.78 is 12.5. The van der Waals surface area contributed by atoms with Crippen molar-refractivity contribution in [3.8, 4) is 22.8 Å². The molecule has 1 heterocycles. The maximum absolute atomic E-state index is 13.3. The molecule has 0 saturated carbocycles. The molecule has 0 aliphatic carbocycles. The SMILES string of the molecule is COc1cc(/C=N/NC(=O)c2cc(-c3ccccc3)nc3ccccc23)c(Br)cc1OCc1cccc2ccccc12. The predicted octanol–water partition coefficient (Wildman–Crippen LogP) is 8.17. The molecule has 0 aliphatic rings. The van der Waals surface area contributed by atoms with Gasteiger partial charge in [-0.2, -0.15) is 5.10 Å². The zero-order chi connectivity index (χ0) is 28.9. The molecule has 206 valence electrons. The summed E-state index contributed by atoms with van der Waals surface area (Å²) in [5.41, 5.74) is 7.34. The van der Waals surface area contributed by atoms with E-state index in [2.05, 4.69) is 50.7 Å². The van der Waals surface area contributed by atoms with Gasteiger partial charge in [0.2, 0.25) is 0 Å². The summed E-state index contributed by atoms with van der Waals surface area (Å²) in [5.74, 6) is 0.814. The smallest absolute Gasteiger partial charge is 0.272 e. The maximum atomic E-state index is 13.3. The van der Waals surface area contributed by atoms with E-state index in [0.29, 0.717) is 29.2 Å². The van der Waals surface area contributed by atoms with Crippen LogP contribution < -0.4 is 14.9 Å². The Morgan fingerprint density at radius 3 is 2.43 bits per heavy atom. The van der Waals surface area contributed by atoms with E-state index in [0.717, 1.165) is 43.0 Å². The second kappa shape index (κ2) is 12.2. The lowest BCUT2D eigenvalue weighted by molar-refractivity contribution is 0.0956. The van der Waals surface area contributed by atoms with E-state index >= 15 is 0 Å². The topological polar surface area (TPSA) is 72.8 Å². The van der Waals surface area contributed by atoms with Gasteiger partial charge < -0.3 is 9.47 Å². The van der Waals surface area contributed by atoms with Crippen LogP contribution in [0.5, 0.6) is 11.5 Å². The molecular formula is C35H26BrN3O3. The fraction of sp³-hybridized carbons (Fsp3) is 0.0571. The Morgan fingerprint density at radius 2 is 1.60 bits per heavy atom. The normalized spacial score (nSPS) is 11.2. The maximum Gasteiger partial charge on any atom is 0.272 e. The quantitative estimate of drug-likeness (QED) is 0.138. The van der Waals surface area contributed by atoms with Crippen molar-refractivity contribution in [2.45, 2.75) is 6.61 Å². The first-order valence-electron chi connectivity index (χ1n) is 13.4. The van der Waals surface area contributed by atoms with Crippen LogP contribution >= 0.6 is 15.9 Å². The summed E-state index contributed by atoms with van der Waals surface area (Å²) in [6, 6.07) is 37.2. The number of para-hydroxylation sites is 1. The van der Waals surface area contributed by atoms with Crippen LogP contribution in [0.2, 0.25) is 0 Å². The van der Waals surface area contributed by atoms with Gasteiger partial charge in [-0.25, -0.2) is 10.4 Å². The summed E-state index contributed by atoms with van der Waals surface area (Å²) in [6.07, 6.45) is 1.57. The van der Waals surface area contributed by atoms with Gasteiger partial charge in [-0.05, 0) is 56.5 Å².